The quantitative estimate of drug-likeness (QED) is 0.289. The lowest BCUT2D eigenvalue weighted by molar-refractivity contribution is 0.102. The predicted octanol–water partition coefficient (Wildman–Crippen LogP) is 6.91. The van der Waals surface area contributed by atoms with Crippen LogP contribution in [0.2, 0.25) is 5.02 Å². The smallest absolute Gasteiger partial charge is 0.264 e. The number of hydrogen-bond acceptors (Lipinski definition) is 3. The summed E-state index contributed by atoms with van der Waals surface area (Å²) in [6, 6.07) is 26.2. The Morgan fingerprint density at radius 1 is 0.833 bits per heavy atom. The minimum atomic E-state index is -3.87. The standard InChI is InChI=1S/C29H27ClN2O3S/c1-20-8-7-11-27(22(20)3)31-29(33)24-15-13-23(14-16-24)19-32(28-18-25(30)17-12-21(28)2)36(34,35)26-9-5-4-6-10-26/h4-18H,19H2,1-3H3,(H,31,33). The van der Waals surface area contributed by atoms with Gasteiger partial charge < -0.3 is 5.32 Å². The highest BCUT2D eigenvalue weighted by atomic mass is 35.5. The number of halogens is 1. The number of anilines is 2. The largest absolute Gasteiger partial charge is 0.322 e. The zero-order chi connectivity index (χ0) is 25.9. The van der Waals surface area contributed by atoms with Gasteiger partial charge in [-0.3, -0.25) is 9.10 Å². The molecule has 1 amide bonds. The molecule has 0 atom stereocenters. The molecule has 0 fully saturated rings. The van der Waals surface area contributed by atoms with Gasteiger partial charge in [-0.05, 0) is 85.5 Å². The number of nitrogens with one attached hydrogen (secondary N) is 1. The topological polar surface area (TPSA) is 66.5 Å². The third-order valence-electron chi connectivity index (χ3n) is 6.17. The van der Waals surface area contributed by atoms with Gasteiger partial charge in [-0.15, -0.1) is 0 Å². The zero-order valence-corrected chi connectivity index (χ0v) is 21.9. The minimum Gasteiger partial charge on any atom is -0.322 e. The van der Waals surface area contributed by atoms with E-state index in [4.69, 9.17) is 11.6 Å². The van der Waals surface area contributed by atoms with E-state index in [1.165, 1.54) is 4.31 Å². The van der Waals surface area contributed by atoms with Gasteiger partial charge in [-0.2, -0.15) is 0 Å². The Morgan fingerprint density at radius 2 is 1.53 bits per heavy atom. The van der Waals surface area contributed by atoms with Crippen LogP contribution in [0.3, 0.4) is 0 Å². The molecule has 36 heavy (non-hydrogen) atoms. The summed E-state index contributed by atoms with van der Waals surface area (Å²) in [5.74, 6) is -0.227. The Morgan fingerprint density at radius 3 is 2.22 bits per heavy atom. The third-order valence-corrected chi connectivity index (χ3v) is 8.18. The maximum absolute atomic E-state index is 13.7. The van der Waals surface area contributed by atoms with Crippen LogP contribution in [0.1, 0.15) is 32.6 Å². The van der Waals surface area contributed by atoms with Crippen molar-refractivity contribution >= 4 is 38.9 Å². The molecule has 4 aromatic carbocycles. The van der Waals surface area contributed by atoms with Crippen LogP contribution in [0, 0.1) is 20.8 Å². The highest BCUT2D eigenvalue weighted by Gasteiger charge is 2.26. The van der Waals surface area contributed by atoms with E-state index in [-0.39, 0.29) is 17.3 Å². The maximum Gasteiger partial charge on any atom is 0.264 e. The Labute approximate surface area is 217 Å². The second-order valence-electron chi connectivity index (χ2n) is 8.65. The fourth-order valence-corrected chi connectivity index (χ4v) is 5.58. The molecule has 4 rings (SSSR count). The fraction of sp³-hybridized carbons (Fsp3) is 0.138. The van der Waals surface area contributed by atoms with Gasteiger partial charge in [0.1, 0.15) is 0 Å². The van der Waals surface area contributed by atoms with Crippen LogP contribution in [0.5, 0.6) is 0 Å². The summed E-state index contributed by atoms with van der Waals surface area (Å²) in [5.41, 5.74) is 5.38. The molecule has 0 saturated carbocycles. The summed E-state index contributed by atoms with van der Waals surface area (Å²) in [5, 5.41) is 3.40. The van der Waals surface area contributed by atoms with Crippen molar-refractivity contribution in [3.63, 3.8) is 0 Å². The van der Waals surface area contributed by atoms with Gasteiger partial charge in [0.05, 0.1) is 17.1 Å². The second-order valence-corrected chi connectivity index (χ2v) is 11.0. The molecule has 0 saturated heterocycles. The van der Waals surface area contributed by atoms with Crippen LogP contribution >= 0.6 is 11.6 Å². The number of rotatable bonds is 7. The number of nitrogens with zero attached hydrogens (tertiary/aromatic N) is 1. The zero-order valence-electron chi connectivity index (χ0n) is 20.3. The van der Waals surface area contributed by atoms with Gasteiger partial charge in [0.2, 0.25) is 0 Å². The van der Waals surface area contributed by atoms with E-state index in [0.29, 0.717) is 16.3 Å². The molecule has 0 aliphatic rings. The molecule has 0 bridgehead atoms. The molecule has 184 valence electrons. The number of carbonyl (C=O) groups is 1. The summed E-state index contributed by atoms with van der Waals surface area (Å²) in [4.78, 5) is 13.0. The summed E-state index contributed by atoms with van der Waals surface area (Å²) in [6.45, 7) is 5.89. The van der Waals surface area contributed by atoms with Crippen LogP contribution < -0.4 is 9.62 Å². The Hall–Kier alpha value is -3.61. The molecular weight excluding hydrogens is 492 g/mol. The number of carbonyl (C=O) groups excluding carboxylic acids is 1. The van der Waals surface area contributed by atoms with Crippen molar-refractivity contribution in [3.05, 3.63) is 124 Å². The SMILES string of the molecule is Cc1ccc(Cl)cc1N(Cc1ccc(C(=O)Nc2cccc(C)c2C)cc1)S(=O)(=O)c1ccccc1. The lowest BCUT2D eigenvalue weighted by atomic mass is 10.1. The van der Waals surface area contributed by atoms with Crippen LogP contribution in [-0.2, 0) is 16.6 Å². The number of benzene rings is 4. The van der Waals surface area contributed by atoms with Crippen molar-refractivity contribution in [3.8, 4) is 0 Å². The van der Waals surface area contributed by atoms with Crippen molar-refractivity contribution in [2.45, 2.75) is 32.2 Å². The summed E-state index contributed by atoms with van der Waals surface area (Å²) in [7, 11) is -3.87. The van der Waals surface area contributed by atoms with E-state index in [2.05, 4.69) is 5.32 Å². The second kappa shape index (κ2) is 10.6. The van der Waals surface area contributed by atoms with Gasteiger partial charge in [0.25, 0.3) is 15.9 Å². The molecule has 0 aromatic heterocycles. The van der Waals surface area contributed by atoms with E-state index in [1.807, 2.05) is 39.0 Å². The predicted molar refractivity (Wildman–Crippen MR) is 146 cm³/mol. The summed E-state index contributed by atoms with van der Waals surface area (Å²) < 4.78 is 28.7. The molecule has 0 aliphatic carbocycles. The van der Waals surface area contributed by atoms with Crippen molar-refractivity contribution in [1.82, 2.24) is 0 Å². The van der Waals surface area contributed by atoms with Gasteiger partial charge in [-0.25, -0.2) is 8.42 Å². The van der Waals surface area contributed by atoms with Crippen LogP contribution in [0.25, 0.3) is 0 Å². The van der Waals surface area contributed by atoms with E-state index in [9.17, 15) is 13.2 Å². The highest BCUT2D eigenvalue weighted by Crippen LogP contribution is 2.31. The molecule has 1 N–H and O–H groups in total. The highest BCUT2D eigenvalue weighted by molar-refractivity contribution is 7.92. The molecule has 0 heterocycles. The Bertz CT molecular complexity index is 1500. The molecule has 4 aromatic rings. The lowest BCUT2D eigenvalue weighted by Crippen LogP contribution is -2.31. The van der Waals surface area contributed by atoms with E-state index in [1.54, 1.807) is 72.8 Å². The van der Waals surface area contributed by atoms with Crippen molar-refractivity contribution in [1.29, 1.82) is 0 Å². The Balaban J connectivity index is 1.64. The van der Waals surface area contributed by atoms with Gasteiger partial charge >= 0.3 is 0 Å². The number of sulfonamides is 1. The third kappa shape index (κ3) is 5.45. The van der Waals surface area contributed by atoms with Crippen molar-refractivity contribution in [2.75, 3.05) is 9.62 Å². The van der Waals surface area contributed by atoms with Crippen LogP contribution in [-0.4, -0.2) is 14.3 Å². The van der Waals surface area contributed by atoms with Crippen molar-refractivity contribution in [2.24, 2.45) is 0 Å². The molecule has 7 heteroatoms. The molecule has 0 unspecified atom stereocenters. The van der Waals surface area contributed by atoms with Gasteiger partial charge in [0, 0.05) is 16.3 Å². The number of amides is 1. The first kappa shape index (κ1) is 25.5. The van der Waals surface area contributed by atoms with Gasteiger partial charge in [0.15, 0.2) is 0 Å². The van der Waals surface area contributed by atoms with Crippen LogP contribution in [0.15, 0.2) is 95.9 Å². The fourth-order valence-electron chi connectivity index (χ4n) is 3.88. The normalized spacial score (nSPS) is 11.2. The lowest BCUT2D eigenvalue weighted by Gasteiger charge is -2.26. The minimum absolute atomic E-state index is 0.0807. The number of hydrogen-bond donors (Lipinski definition) is 1. The monoisotopic (exact) mass is 518 g/mol. The molecule has 0 spiro atoms. The first-order chi connectivity index (χ1) is 17.2. The van der Waals surface area contributed by atoms with E-state index in [0.717, 1.165) is 27.9 Å². The van der Waals surface area contributed by atoms with Crippen LogP contribution in [0.4, 0.5) is 11.4 Å². The first-order valence-electron chi connectivity index (χ1n) is 11.5. The molecule has 5 nitrogen and oxygen atoms in total. The number of aryl methyl sites for hydroxylation is 2. The average Bonchev–Trinajstić information content (AvgIpc) is 2.87. The first-order valence-corrected chi connectivity index (χ1v) is 13.3. The average molecular weight is 519 g/mol. The molecule has 0 radical (unpaired) electrons. The molecule has 0 aliphatic heterocycles. The van der Waals surface area contributed by atoms with Crippen molar-refractivity contribution < 1.29 is 13.2 Å². The Kier molecular flexibility index (Phi) is 7.48. The summed E-state index contributed by atoms with van der Waals surface area (Å²) in [6.07, 6.45) is 0. The van der Waals surface area contributed by atoms with Gasteiger partial charge in [-0.1, -0.05) is 60.1 Å². The maximum atomic E-state index is 13.7. The van der Waals surface area contributed by atoms with E-state index < -0.39 is 10.0 Å². The molecular formula is C29H27ClN2O3S. The summed E-state index contributed by atoms with van der Waals surface area (Å²) >= 11 is 6.24. The van der Waals surface area contributed by atoms with E-state index >= 15 is 0 Å².